The van der Waals surface area contributed by atoms with Crippen LogP contribution in [0.3, 0.4) is 0 Å². The van der Waals surface area contributed by atoms with Crippen molar-refractivity contribution in [1.82, 2.24) is 10.6 Å². The lowest BCUT2D eigenvalue weighted by Gasteiger charge is -2.26. The molecule has 0 unspecified atom stereocenters. The van der Waals surface area contributed by atoms with Crippen molar-refractivity contribution in [3.05, 3.63) is 12.2 Å². The van der Waals surface area contributed by atoms with E-state index in [1.54, 1.807) is 0 Å². The minimum Gasteiger partial charge on any atom is -0.317 e. The van der Waals surface area contributed by atoms with E-state index in [0.717, 1.165) is 12.0 Å². The molecular formula is C12H22N2. The second-order valence-electron chi connectivity index (χ2n) is 4.55. The summed E-state index contributed by atoms with van der Waals surface area (Å²) in [5.41, 5.74) is 0. The Balaban J connectivity index is 1.65. The van der Waals surface area contributed by atoms with Crippen LogP contribution < -0.4 is 10.6 Å². The van der Waals surface area contributed by atoms with Gasteiger partial charge in [-0.05, 0) is 51.1 Å². The lowest BCUT2D eigenvalue weighted by Crippen LogP contribution is -2.41. The highest BCUT2D eigenvalue weighted by Gasteiger charge is 2.14. The summed E-state index contributed by atoms with van der Waals surface area (Å²) in [5, 5.41) is 7.10. The molecule has 0 spiro atoms. The van der Waals surface area contributed by atoms with Gasteiger partial charge >= 0.3 is 0 Å². The molecule has 0 radical (unpaired) electrons. The lowest BCUT2D eigenvalue weighted by molar-refractivity contribution is 0.363. The Kier molecular flexibility index (Phi) is 4.02. The number of hydrogen-bond acceptors (Lipinski definition) is 2. The van der Waals surface area contributed by atoms with Crippen LogP contribution in [0, 0.1) is 5.92 Å². The Hall–Kier alpha value is -0.340. The maximum Gasteiger partial charge on any atom is 0.00914 e. The molecule has 2 aliphatic rings. The van der Waals surface area contributed by atoms with Crippen LogP contribution in [0.25, 0.3) is 0 Å². The molecule has 1 atom stereocenters. The third kappa shape index (κ3) is 3.10. The molecule has 2 N–H and O–H groups in total. The molecule has 1 saturated heterocycles. The predicted molar refractivity (Wildman–Crippen MR) is 60.4 cm³/mol. The average molecular weight is 194 g/mol. The molecule has 2 heteroatoms. The van der Waals surface area contributed by atoms with Gasteiger partial charge in [0.2, 0.25) is 0 Å². The molecule has 14 heavy (non-hydrogen) atoms. The first-order valence-corrected chi connectivity index (χ1v) is 6.06. The van der Waals surface area contributed by atoms with Crippen LogP contribution in [0.5, 0.6) is 0 Å². The molecule has 0 amide bonds. The summed E-state index contributed by atoms with van der Waals surface area (Å²) in [6.45, 7) is 3.58. The summed E-state index contributed by atoms with van der Waals surface area (Å²) in [4.78, 5) is 0. The first-order chi connectivity index (χ1) is 6.95. The van der Waals surface area contributed by atoms with Crippen LogP contribution >= 0.6 is 0 Å². The summed E-state index contributed by atoms with van der Waals surface area (Å²) >= 11 is 0. The predicted octanol–water partition coefficient (Wildman–Crippen LogP) is 1.68. The molecule has 1 heterocycles. The molecule has 2 nitrogen and oxygen atoms in total. The van der Waals surface area contributed by atoms with E-state index in [-0.39, 0.29) is 0 Å². The van der Waals surface area contributed by atoms with Crippen LogP contribution in [-0.4, -0.2) is 25.7 Å². The fraction of sp³-hybridized carbons (Fsp3) is 0.833. The fourth-order valence-corrected chi connectivity index (χ4v) is 2.40. The smallest absolute Gasteiger partial charge is 0.00914 e. The minimum atomic E-state index is 0.770. The number of piperidine rings is 1. The Morgan fingerprint density at radius 1 is 1.21 bits per heavy atom. The number of allylic oxidation sites excluding steroid dienone is 1. The van der Waals surface area contributed by atoms with Gasteiger partial charge in [-0.3, -0.25) is 0 Å². The summed E-state index contributed by atoms with van der Waals surface area (Å²) < 4.78 is 0. The summed E-state index contributed by atoms with van der Waals surface area (Å²) in [5.74, 6) is 0.804. The first-order valence-electron chi connectivity index (χ1n) is 6.06. The minimum absolute atomic E-state index is 0.770. The van der Waals surface area contributed by atoms with Gasteiger partial charge in [-0.2, -0.15) is 0 Å². The van der Waals surface area contributed by atoms with Gasteiger partial charge in [0.15, 0.2) is 0 Å². The summed E-state index contributed by atoms with van der Waals surface area (Å²) in [6, 6.07) is 0.770. The van der Waals surface area contributed by atoms with Crippen LogP contribution in [0.2, 0.25) is 0 Å². The molecule has 1 aliphatic heterocycles. The molecule has 0 saturated carbocycles. The van der Waals surface area contributed by atoms with Crippen molar-refractivity contribution in [1.29, 1.82) is 0 Å². The molecule has 1 aliphatic carbocycles. The van der Waals surface area contributed by atoms with Gasteiger partial charge in [-0.15, -0.1) is 0 Å². The maximum absolute atomic E-state index is 3.70. The van der Waals surface area contributed by atoms with Crippen LogP contribution in [0.4, 0.5) is 0 Å². The normalized spacial score (nSPS) is 29.3. The number of nitrogens with one attached hydrogen (secondary N) is 2. The third-order valence-corrected chi connectivity index (χ3v) is 3.36. The van der Waals surface area contributed by atoms with Crippen molar-refractivity contribution in [2.24, 2.45) is 5.92 Å². The first kappa shape index (κ1) is 10.2. The zero-order valence-electron chi connectivity index (χ0n) is 8.97. The SMILES string of the molecule is C1=C[C@@H](CNC2CCNCC2)CCC1. The maximum atomic E-state index is 3.70. The zero-order chi connectivity index (χ0) is 9.64. The Morgan fingerprint density at radius 3 is 2.79 bits per heavy atom. The summed E-state index contributed by atoms with van der Waals surface area (Å²) in [7, 11) is 0. The Bertz CT molecular complexity index is 183. The van der Waals surface area contributed by atoms with Gasteiger partial charge in [-0.1, -0.05) is 12.2 Å². The quantitative estimate of drug-likeness (QED) is 0.668. The van der Waals surface area contributed by atoms with E-state index in [9.17, 15) is 0 Å². The van der Waals surface area contributed by atoms with Gasteiger partial charge in [-0.25, -0.2) is 0 Å². The van der Waals surface area contributed by atoms with Gasteiger partial charge in [0.25, 0.3) is 0 Å². The highest BCUT2D eigenvalue weighted by atomic mass is 15.0. The van der Waals surface area contributed by atoms with Gasteiger partial charge in [0.05, 0.1) is 0 Å². The van der Waals surface area contributed by atoms with Crippen LogP contribution in [0.1, 0.15) is 32.1 Å². The standard InChI is InChI=1S/C12H22N2/c1-2-4-11(5-3-1)10-14-12-6-8-13-9-7-12/h2,4,11-14H,1,3,5-10H2/t11-/m1/s1. The van der Waals surface area contributed by atoms with E-state index in [1.807, 2.05) is 0 Å². The monoisotopic (exact) mass is 194 g/mol. The molecule has 1 fully saturated rings. The van der Waals surface area contributed by atoms with E-state index in [4.69, 9.17) is 0 Å². The summed E-state index contributed by atoms with van der Waals surface area (Å²) in [6.07, 6.45) is 11.4. The highest BCUT2D eigenvalue weighted by Crippen LogP contribution is 2.16. The Morgan fingerprint density at radius 2 is 2.07 bits per heavy atom. The molecule has 80 valence electrons. The third-order valence-electron chi connectivity index (χ3n) is 3.36. The van der Waals surface area contributed by atoms with E-state index >= 15 is 0 Å². The zero-order valence-corrected chi connectivity index (χ0v) is 8.97. The van der Waals surface area contributed by atoms with E-state index in [0.29, 0.717) is 0 Å². The van der Waals surface area contributed by atoms with Crippen molar-refractivity contribution in [2.75, 3.05) is 19.6 Å². The second-order valence-corrected chi connectivity index (χ2v) is 4.55. The van der Waals surface area contributed by atoms with Gasteiger partial charge in [0, 0.05) is 12.6 Å². The van der Waals surface area contributed by atoms with Crippen molar-refractivity contribution in [3.63, 3.8) is 0 Å². The van der Waals surface area contributed by atoms with E-state index in [2.05, 4.69) is 22.8 Å². The second kappa shape index (κ2) is 5.52. The average Bonchev–Trinajstić information content (AvgIpc) is 2.29. The topological polar surface area (TPSA) is 24.1 Å². The van der Waals surface area contributed by atoms with Crippen molar-refractivity contribution in [2.45, 2.75) is 38.1 Å². The lowest BCUT2D eigenvalue weighted by atomic mass is 9.95. The highest BCUT2D eigenvalue weighted by molar-refractivity contribution is 4.94. The number of hydrogen-bond donors (Lipinski definition) is 2. The number of rotatable bonds is 3. The molecule has 0 aromatic carbocycles. The van der Waals surface area contributed by atoms with E-state index < -0.39 is 0 Å². The van der Waals surface area contributed by atoms with Crippen molar-refractivity contribution >= 4 is 0 Å². The van der Waals surface area contributed by atoms with Crippen LogP contribution in [0.15, 0.2) is 12.2 Å². The van der Waals surface area contributed by atoms with Gasteiger partial charge < -0.3 is 10.6 Å². The Labute approximate surface area is 87.2 Å². The molecule has 2 rings (SSSR count). The molecule has 0 aromatic rings. The van der Waals surface area contributed by atoms with E-state index in [1.165, 1.54) is 51.7 Å². The molecule has 0 aromatic heterocycles. The molecular weight excluding hydrogens is 172 g/mol. The van der Waals surface area contributed by atoms with Crippen LogP contribution in [-0.2, 0) is 0 Å². The van der Waals surface area contributed by atoms with Crippen molar-refractivity contribution in [3.8, 4) is 0 Å². The largest absolute Gasteiger partial charge is 0.317 e. The molecule has 0 bridgehead atoms. The fourth-order valence-electron chi connectivity index (χ4n) is 2.40. The van der Waals surface area contributed by atoms with Crippen molar-refractivity contribution < 1.29 is 0 Å². The van der Waals surface area contributed by atoms with Gasteiger partial charge in [0.1, 0.15) is 0 Å².